The van der Waals surface area contributed by atoms with E-state index in [0.717, 1.165) is 25.2 Å². The van der Waals surface area contributed by atoms with E-state index >= 15 is 0 Å². The largest absolute Gasteiger partial charge is 0.489 e. The average Bonchev–Trinajstić information content (AvgIpc) is 2.25. The fourth-order valence-corrected chi connectivity index (χ4v) is 1.90. The van der Waals surface area contributed by atoms with E-state index in [9.17, 15) is 4.39 Å². The third-order valence-corrected chi connectivity index (χ3v) is 2.86. The molecule has 1 aliphatic heterocycles. The lowest BCUT2D eigenvalue weighted by Gasteiger charge is -2.31. The first kappa shape index (κ1) is 11.2. The Balaban J connectivity index is 2.13. The maximum absolute atomic E-state index is 13.0. The molecule has 2 rings (SSSR count). The van der Waals surface area contributed by atoms with E-state index in [2.05, 4.69) is 18.7 Å². The van der Waals surface area contributed by atoms with E-state index in [1.54, 1.807) is 0 Å². The van der Waals surface area contributed by atoms with Crippen LogP contribution in [0.15, 0.2) is 18.2 Å². The van der Waals surface area contributed by atoms with Crippen LogP contribution in [0.4, 0.5) is 10.1 Å². The number of ether oxygens (including phenoxy) is 1. The molecular weight excluding hydrogens is 205 g/mol. The van der Waals surface area contributed by atoms with Gasteiger partial charge < -0.3 is 9.64 Å². The molecule has 0 saturated carbocycles. The predicted octanol–water partition coefficient (Wildman–Crippen LogP) is 3.07. The number of hydrogen-bond acceptors (Lipinski definition) is 2. The summed E-state index contributed by atoms with van der Waals surface area (Å²) in [6.45, 7) is 6.98. The fourth-order valence-electron chi connectivity index (χ4n) is 1.90. The summed E-state index contributed by atoms with van der Waals surface area (Å²) in [5.74, 6) is 1.13. The molecule has 3 heteroatoms. The van der Waals surface area contributed by atoms with Crippen molar-refractivity contribution in [3.8, 4) is 5.75 Å². The molecule has 0 aromatic heterocycles. The van der Waals surface area contributed by atoms with Crippen LogP contribution in [0.3, 0.4) is 0 Å². The van der Waals surface area contributed by atoms with Gasteiger partial charge in [0.25, 0.3) is 0 Å². The van der Waals surface area contributed by atoms with Gasteiger partial charge in [-0.2, -0.15) is 0 Å². The summed E-state index contributed by atoms with van der Waals surface area (Å²) < 4.78 is 18.5. The van der Waals surface area contributed by atoms with Crippen molar-refractivity contribution in [3.05, 3.63) is 24.0 Å². The molecule has 1 aliphatic rings. The van der Waals surface area contributed by atoms with Gasteiger partial charge in [0.05, 0.1) is 12.2 Å². The molecule has 1 aromatic rings. The summed E-state index contributed by atoms with van der Waals surface area (Å²) in [5.41, 5.74) is 1.02. The van der Waals surface area contributed by atoms with Crippen molar-refractivity contribution in [3.63, 3.8) is 0 Å². The first-order valence-corrected chi connectivity index (χ1v) is 5.84. The molecule has 2 nitrogen and oxygen atoms in total. The Bertz CT molecular complexity index is 365. The molecule has 0 atom stereocenters. The molecular formula is C13H18FNO. The van der Waals surface area contributed by atoms with Crippen molar-refractivity contribution in [1.82, 2.24) is 0 Å². The van der Waals surface area contributed by atoms with Gasteiger partial charge in [-0.3, -0.25) is 0 Å². The van der Waals surface area contributed by atoms with Crippen LogP contribution in [-0.4, -0.2) is 19.7 Å². The van der Waals surface area contributed by atoms with Crippen molar-refractivity contribution in [1.29, 1.82) is 0 Å². The van der Waals surface area contributed by atoms with Gasteiger partial charge in [-0.15, -0.1) is 0 Å². The number of hydrogen-bond donors (Lipinski definition) is 0. The average molecular weight is 223 g/mol. The zero-order valence-electron chi connectivity index (χ0n) is 9.87. The van der Waals surface area contributed by atoms with Gasteiger partial charge in [-0.1, -0.05) is 13.8 Å². The van der Waals surface area contributed by atoms with Gasteiger partial charge in [0, 0.05) is 12.6 Å². The molecule has 0 bridgehead atoms. The van der Waals surface area contributed by atoms with Crippen LogP contribution in [-0.2, 0) is 0 Å². The fraction of sp³-hybridized carbons (Fsp3) is 0.538. The molecule has 16 heavy (non-hydrogen) atoms. The van der Waals surface area contributed by atoms with Gasteiger partial charge in [0.2, 0.25) is 0 Å². The molecule has 1 heterocycles. The molecule has 0 radical (unpaired) electrons. The van der Waals surface area contributed by atoms with Crippen LogP contribution in [0.1, 0.15) is 20.3 Å². The Kier molecular flexibility index (Phi) is 3.32. The topological polar surface area (TPSA) is 12.5 Å². The minimum absolute atomic E-state index is 0.232. The molecule has 0 fully saturated rings. The number of fused-ring (bicyclic) bond motifs is 1. The van der Waals surface area contributed by atoms with Crippen molar-refractivity contribution < 1.29 is 9.13 Å². The Morgan fingerprint density at radius 2 is 2.25 bits per heavy atom. The Labute approximate surface area is 96.0 Å². The summed E-state index contributed by atoms with van der Waals surface area (Å²) in [5, 5.41) is 0. The first-order valence-electron chi connectivity index (χ1n) is 5.84. The SMILES string of the molecule is CC(C)CCN1CCOc2cc(F)ccc21. The van der Waals surface area contributed by atoms with E-state index < -0.39 is 0 Å². The quantitative estimate of drug-likeness (QED) is 0.780. The highest BCUT2D eigenvalue weighted by Crippen LogP contribution is 2.32. The van der Waals surface area contributed by atoms with E-state index in [1.165, 1.54) is 12.1 Å². The second kappa shape index (κ2) is 4.73. The van der Waals surface area contributed by atoms with Crippen LogP contribution in [0.2, 0.25) is 0 Å². The van der Waals surface area contributed by atoms with Crippen molar-refractivity contribution in [2.24, 2.45) is 5.92 Å². The van der Waals surface area contributed by atoms with Crippen molar-refractivity contribution in [2.45, 2.75) is 20.3 Å². The maximum atomic E-state index is 13.0. The molecule has 88 valence electrons. The summed E-state index contributed by atoms with van der Waals surface area (Å²) in [4.78, 5) is 2.28. The van der Waals surface area contributed by atoms with Crippen LogP contribution >= 0.6 is 0 Å². The zero-order valence-corrected chi connectivity index (χ0v) is 9.87. The minimum Gasteiger partial charge on any atom is -0.489 e. The molecule has 1 aromatic carbocycles. The third kappa shape index (κ3) is 2.46. The van der Waals surface area contributed by atoms with E-state index in [4.69, 9.17) is 4.74 Å². The summed E-state index contributed by atoms with van der Waals surface area (Å²) >= 11 is 0. The Morgan fingerprint density at radius 1 is 1.44 bits per heavy atom. The van der Waals surface area contributed by atoms with Gasteiger partial charge in [-0.05, 0) is 24.5 Å². The molecule has 0 spiro atoms. The lowest BCUT2D eigenvalue weighted by atomic mass is 10.1. The summed E-state index contributed by atoms with van der Waals surface area (Å²) in [7, 11) is 0. The molecule has 0 aliphatic carbocycles. The van der Waals surface area contributed by atoms with Crippen LogP contribution in [0, 0.1) is 11.7 Å². The lowest BCUT2D eigenvalue weighted by Crippen LogP contribution is -2.34. The van der Waals surface area contributed by atoms with Crippen LogP contribution < -0.4 is 9.64 Å². The van der Waals surface area contributed by atoms with Crippen molar-refractivity contribution >= 4 is 5.69 Å². The highest BCUT2D eigenvalue weighted by Gasteiger charge is 2.18. The predicted molar refractivity (Wildman–Crippen MR) is 63.6 cm³/mol. The van der Waals surface area contributed by atoms with E-state index in [0.29, 0.717) is 18.3 Å². The summed E-state index contributed by atoms with van der Waals surface area (Å²) in [6, 6.07) is 4.77. The van der Waals surface area contributed by atoms with Crippen molar-refractivity contribution in [2.75, 3.05) is 24.6 Å². The second-order valence-corrected chi connectivity index (χ2v) is 4.63. The zero-order chi connectivity index (χ0) is 11.5. The van der Waals surface area contributed by atoms with Gasteiger partial charge >= 0.3 is 0 Å². The lowest BCUT2D eigenvalue weighted by molar-refractivity contribution is 0.304. The molecule has 0 unspecified atom stereocenters. The number of anilines is 1. The molecule has 0 saturated heterocycles. The van der Waals surface area contributed by atoms with E-state index in [1.807, 2.05) is 6.07 Å². The monoisotopic (exact) mass is 223 g/mol. The van der Waals surface area contributed by atoms with Crippen LogP contribution in [0.25, 0.3) is 0 Å². The molecule has 0 N–H and O–H groups in total. The van der Waals surface area contributed by atoms with Crippen LogP contribution in [0.5, 0.6) is 5.75 Å². The summed E-state index contributed by atoms with van der Waals surface area (Å²) in [6.07, 6.45) is 1.15. The highest BCUT2D eigenvalue weighted by molar-refractivity contribution is 5.59. The van der Waals surface area contributed by atoms with Gasteiger partial charge in [0.15, 0.2) is 0 Å². The number of benzene rings is 1. The van der Waals surface area contributed by atoms with Gasteiger partial charge in [0.1, 0.15) is 18.2 Å². The van der Waals surface area contributed by atoms with E-state index in [-0.39, 0.29) is 5.82 Å². The van der Waals surface area contributed by atoms with Gasteiger partial charge in [-0.25, -0.2) is 4.39 Å². The number of halogens is 1. The third-order valence-electron chi connectivity index (χ3n) is 2.86. The normalized spacial score (nSPS) is 14.9. The minimum atomic E-state index is -0.232. The number of rotatable bonds is 3. The Morgan fingerprint density at radius 3 is 3.00 bits per heavy atom. The highest BCUT2D eigenvalue weighted by atomic mass is 19.1. The smallest absolute Gasteiger partial charge is 0.145 e. The first-order chi connectivity index (χ1) is 7.66. The Hall–Kier alpha value is -1.25. The second-order valence-electron chi connectivity index (χ2n) is 4.63. The molecule has 0 amide bonds. The standard InChI is InChI=1S/C13H18FNO/c1-10(2)5-6-15-7-8-16-13-9-11(14)3-4-12(13)15/h3-4,9-10H,5-8H2,1-2H3. The number of nitrogens with zero attached hydrogens (tertiary/aromatic N) is 1. The maximum Gasteiger partial charge on any atom is 0.145 e.